The van der Waals surface area contributed by atoms with Crippen molar-refractivity contribution in [3.63, 3.8) is 0 Å². The SMILES string of the molecule is CC(C)[C@H]1CC[C@@H](C)C[C@H]1OC[C@@H](O)CN1C[C@H](C)C[C@H](C)C1. The van der Waals surface area contributed by atoms with Crippen molar-refractivity contribution in [3.8, 4) is 0 Å². The minimum absolute atomic E-state index is 0.340. The molecule has 2 fully saturated rings. The van der Waals surface area contributed by atoms with Gasteiger partial charge in [-0.1, -0.05) is 41.0 Å². The van der Waals surface area contributed by atoms with Crippen LogP contribution in [-0.2, 0) is 4.74 Å². The minimum Gasteiger partial charge on any atom is -0.389 e. The number of β-amino-alcohol motifs (C(OH)–C–C–N with tert-alkyl or cyclic N) is 1. The van der Waals surface area contributed by atoms with Gasteiger partial charge in [-0.3, -0.25) is 0 Å². The van der Waals surface area contributed by atoms with Crippen molar-refractivity contribution in [1.82, 2.24) is 4.90 Å². The number of hydrogen-bond donors (Lipinski definition) is 1. The maximum absolute atomic E-state index is 10.4. The lowest BCUT2D eigenvalue weighted by Gasteiger charge is -2.38. The van der Waals surface area contributed by atoms with Crippen molar-refractivity contribution >= 4 is 0 Å². The Morgan fingerprint density at radius 3 is 2.26 bits per heavy atom. The van der Waals surface area contributed by atoms with E-state index in [0.717, 1.165) is 43.8 Å². The molecule has 0 radical (unpaired) electrons. The lowest BCUT2D eigenvalue weighted by molar-refractivity contribution is -0.0761. The van der Waals surface area contributed by atoms with Crippen molar-refractivity contribution < 1.29 is 9.84 Å². The van der Waals surface area contributed by atoms with Crippen LogP contribution in [0.2, 0.25) is 0 Å². The van der Waals surface area contributed by atoms with Gasteiger partial charge in [0.1, 0.15) is 0 Å². The van der Waals surface area contributed by atoms with E-state index < -0.39 is 0 Å². The monoisotopic (exact) mass is 325 g/mol. The Hall–Kier alpha value is -0.120. The van der Waals surface area contributed by atoms with Gasteiger partial charge in [-0.25, -0.2) is 0 Å². The molecule has 1 heterocycles. The molecular weight excluding hydrogens is 286 g/mol. The van der Waals surface area contributed by atoms with Gasteiger partial charge in [0.2, 0.25) is 0 Å². The van der Waals surface area contributed by atoms with Crippen molar-refractivity contribution in [2.45, 2.75) is 72.5 Å². The molecule has 3 heteroatoms. The van der Waals surface area contributed by atoms with Crippen molar-refractivity contribution in [2.24, 2.45) is 29.6 Å². The number of rotatable bonds is 6. The molecule has 23 heavy (non-hydrogen) atoms. The van der Waals surface area contributed by atoms with E-state index in [1.54, 1.807) is 0 Å². The molecule has 2 rings (SSSR count). The first-order valence-corrected chi connectivity index (χ1v) is 9.87. The number of piperidine rings is 1. The summed E-state index contributed by atoms with van der Waals surface area (Å²) < 4.78 is 6.21. The van der Waals surface area contributed by atoms with Gasteiger partial charge in [-0.2, -0.15) is 0 Å². The average Bonchev–Trinajstić information content (AvgIpc) is 2.43. The summed E-state index contributed by atoms with van der Waals surface area (Å²) in [6, 6.07) is 0. The zero-order valence-corrected chi connectivity index (χ0v) is 16.0. The van der Waals surface area contributed by atoms with Crippen LogP contribution in [0.5, 0.6) is 0 Å². The van der Waals surface area contributed by atoms with E-state index in [0.29, 0.717) is 24.5 Å². The highest BCUT2D eigenvalue weighted by molar-refractivity contribution is 4.82. The topological polar surface area (TPSA) is 32.7 Å². The highest BCUT2D eigenvalue weighted by Gasteiger charge is 2.32. The summed E-state index contributed by atoms with van der Waals surface area (Å²) in [7, 11) is 0. The van der Waals surface area contributed by atoms with Crippen LogP contribution in [0, 0.1) is 29.6 Å². The summed E-state index contributed by atoms with van der Waals surface area (Å²) in [5.74, 6) is 3.59. The van der Waals surface area contributed by atoms with Crippen LogP contribution in [0.4, 0.5) is 0 Å². The number of aliphatic hydroxyl groups excluding tert-OH is 1. The Morgan fingerprint density at radius 2 is 1.65 bits per heavy atom. The van der Waals surface area contributed by atoms with E-state index in [2.05, 4.69) is 39.5 Å². The first-order chi connectivity index (χ1) is 10.8. The molecule has 0 aromatic heterocycles. The Kier molecular flexibility index (Phi) is 7.37. The Labute approximate surface area is 143 Å². The van der Waals surface area contributed by atoms with E-state index in [1.165, 1.54) is 19.3 Å². The largest absolute Gasteiger partial charge is 0.389 e. The van der Waals surface area contributed by atoms with Crippen LogP contribution < -0.4 is 0 Å². The third-order valence-corrected chi connectivity index (χ3v) is 5.88. The average molecular weight is 326 g/mol. The predicted octanol–water partition coefficient (Wildman–Crippen LogP) is 3.80. The summed E-state index contributed by atoms with van der Waals surface area (Å²) in [4.78, 5) is 2.43. The van der Waals surface area contributed by atoms with Crippen LogP contribution in [0.3, 0.4) is 0 Å². The number of ether oxygens (including phenoxy) is 1. The molecule has 0 aromatic carbocycles. The Bertz CT molecular complexity index is 337. The molecule has 0 amide bonds. The van der Waals surface area contributed by atoms with E-state index in [-0.39, 0.29) is 6.10 Å². The van der Waals surface area contributed by atoms with Gasteiger partial charge in [0.15, 0.2) is 0 Å². The number of likely N-dealkylation sites (tertiary alicyclic amines) is 1. The fraction of sp³-hybridized carbons (Fsp3) is 1.00. The fourth-order valence-electron chi connectivity index (χ4n) is 4.83. The third-order valence-electron chi connectivity index (χ3n) is 5.88. The summed E-state index contributed by atoms with van der Waals surface area (Å²) in [6.45, 7) is 15.1. The van der Waals surface area contributed by atoms with Crippen LogP contribution in [0.15, 0.2) is 0 Å². The highest BCUT2D eigenvalue weighted by Crippen LogP contribution is 2.35. The Morgan fingerprint density at radius 1 is 1.00 bits per heavy atom. The molecule has 136 valence electrons. The lowest BCUT2D eigenvalue weighted by atomic mass is 9.75. The molecule has 1 saturated heterocycles. The van der Waals surface area contributed by atoms with E-state index in [4.69, 9.17) is 4.74 Å². The second-order valence-electron chi connectivity index (χ2n) is 9.02. The molecule has 3 nitrogen and oxygen atoms in total. The molecule has 1 aliphatic carbocycles. The summed E-state index contributed by atoms with van der Waals surface area (Å²) in [5, 5.41) is 10.4. The van der Waals surface area contributed by atoms with E-state index in [9.17, 15) is 5.11 Å². The Balaban J connectivity index is 1.77. The maximum atomic E-state index is 10.4. The van der Waals surface area contributed by atoms with E-state index >= 15 is 0 Å². The summed E-state index contributed by atoms with van der Waals surface area (Å²) in [6.07, 6.45) is 5.08. The molecule has 0 bridgehead atoms. The fourth-order valence-corrected chi connectivity index (χ4v) is 4.83. The van der Waals surface area contributed by atoms with Gasteiger partial charge in [-0.05, 0) is 48.9 Å². The number of hydrogen-bond acceptors (Lipinski definition) is 3. The standard InChI is InChI=1S/C20H39NO2/c1-14(2)19-7-6-15(3)9-20(19)23-13-18(22)12-21-10-16(4)8-17(5)11-21/h14-20,22H,6-13H2,1-5H3/t15-,16-,17+,18+,19-,20-/m1/s1. The third kappa shape index (κ3) is 6.03. The summed E-state index contributed by atoms with van der Waals surface area (Å²) >= 11 is 0. The van der Waals surface area contributed by atoms with Gasteiger partial charge in [0.25, 0.3) is 0 Å². The van der Waals surface area contributed by atoms with Crippen LogP contribution in [0.25, 0.3) is 0 Å². The molecular formula is C20H39NO2. The molecule has 0 unspecified atom stereocenters. The first kappa shape index (κ1) is 19.2. The minimum atomic E-state index is -0.349. The quantitative estimate of drug-likeness (QED) is 0.806. The second-order valence-corrected chi connectivity index (χ2v) is 9.02. The van der Waals surface area contributed by atoms with Gasteiger partial charge < -0.3 is 14.7 Å². The van der Waals surface area contributed by atoms with Crippen molar-refractivity contribution in [2.75, 3.05) is 26.2 Å². The molecule has 1 saturated carbocycles. The molecule has 0 spiro atoms. The van der Waals surface area contributed by atoms with Crippen LogP contribution in [-0.4, -0.2) is 48.5 Å². The molecule has 2 aliphatic rings. The predicted molar refractivity (Wildman–Crippen MR) is 96.5 cm³/mol. The highest BCUT2D eigenvalue weighted by atomic mass is 16.5. The van der Waals surface area contributed by atoms with Gasteiger partial charge in [0, 0.05) is 19.6 Å². The van der Waals surface area contributed by atoms with Crippen LogP contribution >= 0.6 is 0 Å². The zero-order chi connectivity index (χ0) is 17.0. The molecule has 1 N–H and O–H groups in total. The number of aliphatic hydroxyl groups is 1. The first-order valence-electron chi connectivity index (χ1n) is 9.87. The zero-order valence-electron chi connectivity index (χ0n) is 16.0. The maximum Gasteiger partial charge on any atom is 0.0900 e. The van der Waals surface area contributed by atoms with Crippen molar-refractivity contribution in [3.05, 3.63) is 0 Å². The normalized spacial score (nSPS) is 38.0. The van der Waals surface area contributed by atoms with Crippen molar-refractivity contribution in [1.29, 1.82) is 0 Å². The van der Waals surface area contributed by atoms with Crippen LogP contribution in [0.1, 0.15) is 60.3 Å². The van der Waals surface area contributed by atoms with Gasteiger partial charge in [-0.15, -0.1) is 0 Å². The summed E-state index contributed by atoms with van der Waals surface area (Å²) in [5.41, 5.74) is 0. The second kappa shape index (κ2) is 8.82. The van der Waals surface area contributed by atoms with Gasteiger partial charge >= 0.3 is 0 Å². The number of nitrogens with zero attached hydrogens (tertiary/aromatic N) is 1. The van der Waals surface area contributed by atoms with Gasteiger partial charge in [0.05, 0.1) is 18.8 Å². The molecule has 6 atom stereocenters. The smallest absolute Gasteiger partial charge is 0.0900 e. The molecule has 1 aliphatic heterocycles. The van der Waals surface area contributed by atoms with E-state index in [1.807, 2.05) is 0 Å². The molecule has 0 aromatic rings. The lowest BCUT2D eigenvalue weighted by Crippen LogP contribution is -2.44.